The first-order valence-electron chi connectivity index (χ1n) is 11.7. The highest BCUT2D eigenvalue weighted by Gasteiger charge is 2.13. The van der Waals surface area contributed by atoms with Gasteiger partial charge in [-0.15, -0.1) is 0 Å². The Hall–Kier alpha value is -4.96. The number of anilines is 2. The summed E-state index contributed by atoms with van der Waals surface area (Å²) >= 11 is 0. The lowest BCUT2D eigenvalue weighted by Gasteiger charge is -2.15. The van der Waals surface area contributed by atoms with Gasteiger partial charge in [-0.1, -0.05) is 91.0 Å². The van der Waals surface area contributed by atoms with E-state index in [1.54, 1.807) is 24.3 Å². The van der Waals surface area contributed by atoms with Gasteiger partial charge in [-0.2, -0.15) is 0 Å². The van der Waals surface area contributed by atoms with Gasteiger partial charge in [-0.3, -0.25) is 9.59 Å². The molecule has 5 aromatic rings. The molecule has 2 amide bonds. The first-order chi connectivity index (χ1) is 17.7. The van der Waals surface area contributed by atoms with Gasteiger partial charge in [-0.25, -0.2) is 0 Å². The second-order valence-electron chi connectivity index (χ2n) is 8.35. The summed E-state index contributed by atoms with van der Waals surface area (Å²) in [5.41, 5.74) is 6.39. The fourth-order valence-corrected chi connectivity index (χ4v) is 4.05. The highest BCUT2D eigenvalue weighted by Crippen LogP contribution is 2.33. The van der Waals surface area contributed by atoms with Crippen LogP contribution in [0.15, 0.2) is 133 Å². The number of hydrogen-bond donors (Lipinski definition) is 2. The third kappa shape index (κ3) is 5.24. The first-order valence-corrected chi connectivity index (χ1v) is 11.7. The van der Waals surface area contributed by atoms with Gasteiger partial charge in [0.05, 0.1) is 0 Å². The third-order valence-electron chi connectivity index (χ3n) is 5.88. The molecule has 0 radical (unpaired) electrons. The van der Waals surface area contributed by atoms with Crippen LogP contribution in [-0.4, -0.2) is 11.8 Å². The molecule has 174 valence electrons. The summed E-state index contributed by atoms with van der Waals surface area (Å²) in [5.74, 6) is -0.336. The van der Waals surface area contributed by atoms with E-state index in [0.29, 0.717) is 22.5 Å². The fourth-order valence-electron chi connectivity index (χ4n) is 4.05. The first kappa shape index (κ1) is 22.8. The van der Waals surface area contributed by atoms with Crippen LogP contribution in [0.5, 0.6) is 0 Å². The average molecular weight is 469 g/mol. The number of rotatable bonds is 6. The molecule has 0 aliphatic carbocycles. The maximum Gasteiger partial charge on any atom is 0.255 e. The van der Waals surface area contributed by atoms with Gasteiger partial charge < -0.3 is 10.6 Å². The fraction of sp³-hybridized carbons (Fsp3) is 0. The van der Waals surface area contributed by atoms with E-state index in [4.69, 9.17) is 0 Å². The number of hydrogen-bond acceptors (Lipinski definition) is 2. The Kier molecular flexibility index (Phi) is 6.68. The molecule has 0 unspecified atom stereocenters. The number of benzene rings is 5. The Morgan fingerprint density at radius 2 is 0.972 bits per heavy atom. The van der Waals surface area contributed by atoms with E-state index >= 15 is 0 Å². The molecule has 0 heterocycles. The van der Waals surface area contributed by atoms with E-state index in [1.807, 2.05) is 109 Å². The van der Waals surface area contributed by atoms with E-state index in [9.17, 15) is 9.59 Å². The van der Waals surface area contributed by atoms with Crippen LogP contribution in [-0.2, 0) is 0 Å². The van der Waals surface area contributed by atoms with Gasteiger partial charge in [0.15, 0.2) is 0 Å². The largest absolute Gasteiger partial charge is 0.322 e. The Morgan fingerprint density at radius 3 is 1.61 bits per heavy atom. The number of amides is 2. The minimum Gasteiger partial charge on any atom is -0.322 e. The van der Waals surface area contributed by atoms with Crippen LogP contribution in [0.4, 0.5) is 11.4 Å². The summed E-state index contributed by atoms with van der Waals surface area (Å²) in [6.07, 6.45) is 0. The predicted octanol–water partition coefficient (Wildman–Crippen LogP) is 7.53. The topological polar surface area (TPSA) is 58.2 Å². The molecule has 5 rings (SSSR count). The molecule has 0 fully saturated rings. The molecule has 0 saturated heterocycles. The van der Waals surface area contributed by atoms with Crippen molar-refractivity contribution in [2.24, 2.45) is 0 Å². The lowest BCUT2D eigenvalue weighted by atomic mass is 9.97. The minimum atomic E-state index is -0.172. The molecule has 0 aliphatic rings. The molecular formula is C32H24N2O2. The van der Waals surface area contributed by atoms with E-state index < -0.39 is 0 Å². The van der Waals surface area contributed by atoms with E-state index in [-0.39, 0.29) is 11.8 Å². The van der Waals surface area contributed by atoms with Crippen molar-refractivity contribution in [1.29, 1.82) is 0 Å². The summed E-state index contributed by atoms with van der Waals surface area (Å²) in [5, 5.41) is 6.06. The van der Waals surface area contributed by atoms with Crippen molar-refractivity contribution in [1.82, 2.24) is 0 Å². The Labute approximate surface area is 210 Å². The summed E-state index contributed by atoms with van der Waals surface area (Å²) in [7, 11) is 0. The number of carbonyl (C=O) groups is 2. The maximum atomic E-state index is 13.0. The summed E-state index contributed by atoms with van der Waals surface area (Å²) < 4.78 is 0. The van der Waals surface area contributed by atoms with Crippen molar-refractivity contribution in [3.8, 4) is 22.3 Å². The third-order valence-corrected chi connectivity index (χ3v) is 5.88. The van der Waals surface area contributed by atoms with Crippen molar-refractivity contribution >= 4 is 23.2 Å². The van der Waals surface area contributed by atoms with Crippen LogP contribution >= 0.6 is 0 Å². The molecule has 0 spiro atoms. The highest BCUT2D eigenvalue weighted by atomic mass is 16.2. The van der Waals surface area contributed by atoms with Crippen LogP contribution in [0.1, 0.15) is 20.7 Å². The Bertz CT molecular complexity index is 1500. The molecule has 36 heavy (non-hydrogen) atoms. The van der Waals surface area contributed by atoms with Crippen molar-refractivity contribution in [3.05, 3.63) is 145 Å². The van der Waals surface area contributed by atoms with Crippen molar-refractivity contribution in [2.75, 3.05) is 10.6 Å². The lowest BCUT2D eigenvalue weighted by molar-refractivity contribution is 0.101. The highest BCUT2D eigenvalue weighted by molar-refractivity contribution is 6.07. The molecule has 0 aromatic heterocycles. The molecule has 0 saturated carbocycles. The molecule has 0 aliphatic heterocycles. The Morgan fingerprint density at radius 1 is 0.444 bits per heavy atom. The number of carbonyl (C=O) groups excluding carboxylic acids is 2. The van der Waals surface area contributed by atoms with Crippen LogP contribution in [0.2, 0.25) is 0 Å². The zero-order valence-electron chi connectivity index (χ0n) is 19.5. The second-order valence-corrected chi connectivity index (χ2v) is 8.35. The van der Waals surface area contributed by atoms with Crippen molar-refractivity contribution in [3.63, 3.8) is 0 Å². The molecule has 2 N–H and O–H groups in total. The molecule has 4 heteroatoms. The van der Waals surface area contributed by atoms with Gasteiger partial charge >= 0.3 is 0 Å². The van der Waals surface area contributed by atoms with Gasteiger partial charge in [-0.05, 0) is 59.2 Å². The minimum absolute atomic E-state index is 0.164. The van der Waals surface area contributed by atoms with Crippen LogP contribution in [0, 0.1) is 0 Å². The zero-order chi connectivity index (χ0) is 24.7. The molecular weight excluding hydrogens is 444 g/mol. The SMILES string of the molecule is O=C(Nc1cccc(-c2ccc(-c3ccccc3)c(NC(=O)c3ccccc3)c2)c1)c1ccccc1. The normalized spacial score (nSPS) is 10.4. The lowest BCUT2D eigenvalue weighted by Crippen LogP contribution is -2.12. The summed E-state index contributed by atoms with van der Waals surface area (Å²) in [6.45, 7) is 0. The van der Waals surface area contributed by atoms with Gasteiger partial charge in [0.1, 0.15) is 0 Å². The summed E-state index contributed by atoms with van der Waals surface area (Å²) in [4.78, 5) is 25.6. The molecule has 4 nitrogen and oxygen atoms in total. The quantitative estimate of drug-likeness (QED) is 0.271. The van der Waals surface area contributed by atoms with E-state index in [2.05, 4.69) is 10.6 Å². The monoisotopic (exact) mass is 468 g/mol. The predicted molar refractivity (Wildman–Crippen MR) is 146 cm³/mol. The van der Waals surface area contributed by atoms with Crippen molar-refractivity contribution in [2.45, 2.75) is 0 Å². The molecule has 0 atom stereocenters. The van der Waals surface area contributed by atoms with E-state index in [1.165, 1.54) is 0 Å². The van der Waals surface area contributed by atoms with Crippen LogP contribution in [0.3, 0.4) is 0 Å². The standard InChI is InChI=1S/C32H24N2O2/c35-31(24-13-6-2-7-14-24)33-28-18-10-17-26(21-28)27-19-20-29(23-11-4-1-5-12-23)30(22-27)34-32(36)25-15-8-3-9-16-25/h1-22H,(H,33,35)(H,34,36). The smallest absolute Gasteiger partial charge is 0.255 e. The van der Waals surface area contributed by atoms with Gasteiger partial charge in [0.2, 0.25) is 0 Å². The average Bonchev–Trinajstić information content (AvgIpc) is 2.94. The molecule has 5 aromatic carbocycles. The number of nitrogens with one attached hydrogen (secondary N) is 2. The summed E-state index contributed by atoms with van der Waals surface area (Å²) in [6, 6.07) is 41.9. The maximum absolute atomic E-state index is 13.0. The van der Waals surface area contributed by atoms with Crippen LogP contribution < -0.4 is 10.6 Å². The zero-order valence-corrected chi connectivity index (χ0v) is 19.5. The van der Waals surface area contributed by atoms with Gasteiger partial charge in [0, 0.05) is 28.1 Å². The van der Waals surface area contributed by atoms with Gasteiger partial charge in [0.25, 0.3) is 11.8 Å². The van der Waals surface area contributed by atoms with E-state index in [0.717, 1.165) is 22.3 Å². The Balaban J connectivity index is 1.48. The molecule has 0 bridgehead atoms. The second kappa shape index (κ2) is 10.5. The van der Waals surface area contributed by atoms with Crippen molar-refractivity contribution < 1.29 is 9.59 Å². The van der Waals surface area contributed by atoms with Crippen LogP contribution in [0.25, 0.3) is 22.3 Å².